The third-order valence-electron chi connectivity index (χ3n) is 3.32. The van der Waals surface area contributed by atoms with Crippen LogP contribution in [0, 0.1) is 6.92 Å². The van der Waals surface area contributed by atoms with E-state index in [-0.39, 0.29) is 17.0 Å². The molecule has 2 heterocycles. The molecule has 120 valence electrons. The molecule has 0 amide bonds. The molecule has 0 saturated heterocycles. The number of aryl methyl sites for hydroxylation is 1. The molecule has 0 aliphatic heterocycles. The van der Waals surface area contributed by atoms with E-state index in [0.29, 0.717) is 16.8 Å². The predicted octanol–water partition coefficient (Wildman–Crippen LogP) is 0.596. The van der Waals surface area contributed by atoms with Gasteiger partial charge in [-0.3, -0.25) is 9.59 Å². The zero-order valence-corrected chi connectivity index (χ0v) is 12.9. The van der Waals surface area contributed by atoms with Crippen LogP contribution in [0.4, 0.5) is 0 Å². The van der Waals surface area contributed by atoms with Crippen LogP contribution in [0.1, 0.15) is 11.3 Å². The predicted molar refractivity (Wildman–Crippen MR) is 82.7 cm³/mol. The number of furan rings is 1. The molecule has 0 spiro atoms. The average Bonchev–Trinajstić information content (AvgIpc) is 3.00. The monoisotopic (exact) mass is 335 g/mol. The molecule has 0 aliphatic carbocycles. The molecule has 2 aromatic heterocycles. The van der Waals surface area contributed by atoms with Gasteiger partial charge < -0.3 is 14.4 Å². The first kappa shape index (κ1) is 15.3. The van der Waals surface area contributed by atoms with E-state index < -0.39 is 21.1 Å². The summed E-state index contributed by atoms with van der Waals surface area (Å²) in [4.78, 5) is 27.5. The van der Waals surface area contributed by atoms with Crippen molar-refractivity contribution in [2.45, 2.75) is 18.4 Å². The molecule has 0 bridgehead atoms. The van der Waals surface area contributed by atoms with Crippen molar-refractivity contribution in [1.82, 2.24) is 14.7 Å². The Hall–Kier alpha value is -2.65. The SMILES string of the molecule is Cc1cc2[nH]c(=O)c(=O)[nH]c2cc1S(=O)(=O)NCc1ccco1. The molecule has 1 aromatic carbocycles. The van der Waals surface area contributed by atoms with Gasteiger partial charge in [-0.15, -0.1) is 0 Å². The van der Waals surface area contributed by atoms with Crippen LogP contribution in [0.15, 0.2) is 49.4 Å². The second-order valence-corrected chi connectivity index (χ2v) is 6.71. The summed E-state index contributed by atoms with van der Waals surface area (Å²) in [6.07, 6.45) is 1.45. The smallest absolute Gasteiger partial charge is 0.314 e. The van der Waals surface area contributed by atoms with Crippen molar-refractivity contribution < 1.29 is 12.8 Å². The fraction of sp³-hybridized carbons (Fsp3) is 0.143. The summed E-state index contributed by atoms with van der Waals surface area (Å²) in [5.41, 5.74) is -0.598. The number of sulfonamides is 1. The van der Waals surface area contributed by atoms with Crippen molar-refractivity contribution in [1.29, 1.82) is 0 Å². The molecule has 0 unspecified atom stereocenters. The molecule has 3 N–H and O–H groups in total. The lowest BCUT2D eigenvalue weighted by molar-refractivity contribution is 0.498. The van der Waals surface area contributed by atoms with Gasteiger partial charge >= 0.3 is 11.1 Å². The number of rotatable bonds is 4. The maximum atomic E-state index is 12.4. The highest BCUT2D eigenvalue weighted by Crippen LogP contribution is 2.20. The van der Waals surface area contributed by atoms with Crippen LogP contribution in [-0.4, -0.2) is 18.4 Å². The fourth-order valence-electron chi connectivity index (χ4n) is 2.20. The minimum Gasteiger partial charge on any atom is -0.468 e. The van der Waals surface area contributed by atoms with Crippen molar-refractivity contribution in [2.24, 2.45) is 0 Å². The van der Waals surface area contributed by atoms with E-state index in [2.05, 4.69) is 14.7 Å². The largest absolute Gasteiger partial charge is 0.468 e. The molecule has 9 heteroatoms. The molecule has 3 rings (SSSR count). The van der Waals surface area contributed by atoms with Crippen LogP contribution < -0.4 is 15.8 Å². The van der Waals surface area contributed by atoms with Crippen LogP contribution in [0.3, 0.4) is 0 Å². The summed E-state index contributed by atoms with van der Waals surface area (Å²) in [5.74, 6) is 0.477. The summed E-state index contributed by atoms with van der Waals surface area (Å²) in [6, 6.07) is 6.12. The van der Waals surface area contributed by atoms with Gasteiger partial charge in [-0.2, -0.15) is 0 Å². The van der Waals surface area contributed by atoms with Crippen LogP contribution in [0.2, 0.25) is 0 Å². The summed E-state index contributed by atoms with van der Waals surface area (Å²) in [6.45, 7) is 1.61. The van der Waals surface area contributed by atoms with E-state index >= 15 is 0 Å². The highest BCUT2D eigenvalue weighted by atomic mass is 32.2. The lowest BCUT2D eigenvalue weighted by Gasteiger charge is -2.09. The van der Waals surface area contributed by atoms with Crippen molar-refractivity contribution in [3.63, 3.8) is 0 Å². The Balaban J connectivity index is 2.04. The molecule has 0 fully saturated rings. The molecule has 0 aliphatic rings. The summed E-state index contributed by atoms with van der Waals surface area (Å²) < 4.78 is 32.4. The van der Waals surface area contributed by atoms with E-state index in [0.717, 1.165) is 0 Å². The Labute approximate surface area is 130 Å². The standard InChI is InChI=1S/C14H13N3O5S/c1-8-5-10-11(17-14(19)13(18)16-10)6-12(8)23(20,21)15-7-9-3-2-4-22-9/h2-6,15H,7H2,1H3,(H,16,18)(H,17,19). The maximum absolute atomic E-state index is 12.4. The first-order valence-corrected chi connectivity index (χ1v) is 8.14. The molecule has 8 nitrogen and oxygen atoms in total. The molecular formula is C14H13N3O5S. The molecule has 0 saturated carbocycles. The Kier molecular flexibility index (Phi) is 3.66. The number of benzene rings is 1. The minimum atomic E-state index is -3.81. The quantitative estimate of drug-likeness (QED) is 0.602. The van der Waals surface area contributed by atoms with Crippen LogP contribution in [0.5, 0.6) is 0 Å². The van der Waals surface area contributed by atoms with Crippen molar-refractivity contribution >= 4 is 21.1 Å². The van der Waals surface area contributed by atoms with Crippen molar-refractivity contribution in [3.8, 4) is 0 Å². The highest BCUT2D eigenvalue weighted by Gasteiger charge is 2.18. The number of fused-ring (bicyclic) bond motifs is 1. The normalized spacial score (nSPS) is 11.9. The summed E-state index contributed by atoms with van der Waals surface area (Å²) >= 11 is 0. The average molecular weight is 335 g/mol. The van der Waals surface area contributed by atoms with Crippen molar-refractivity contribution in [3.05, 3.63) is 62.6 Å². The van der Waals surface area contributed by atoms with Gasteiger partial charge in [-0.05, 0) is 36.8 Å². The van der Waals surface area contributed by atoms with Crippen LogP contribution in [-0.2, 0) is 16.6 Å². The van der Waals surface area contributed by atoms with Crippen LogP contribution in [0.25, 0.3) is 11.0 Å². The third-order valence-corrected chi connectivity index (χ3v) is 4.87. The van der Waals surface area contributed by atoms with Gasteiger partial charge in [0, 0.05) is 0 Å². The van der Waals surface area contributed by atoms with Gasteiger partial charge in [-0.1, -0.05) is 0 Å². The number of hydrogen-bond donors (Lipinski definition) is 3. The maximum Gasteiger partial charge on any atom is 0.314 e. The summed E-state index contributed by atoms with van der Waals surface area (Å²) in [5, 5.41) is 0. The van der Waals surface area contributed by atoms with Gasteiger partial charge in [0.15, 0.2) is 0 Å². The van der Waals surface area contributed by atoms with Gasteiger partial charge in [0.1, 0.15) is 5.76 Å². The lowest BCUT2D eigenvalue weighted by Crippen LogP contribution is -2.29. The lowest BCUT2D eigenvalue weighted by atomic mass is 10.2. The second kappa shape index (κ2) is 5.52. The van der Waals surface area contributed by atoms with E-state index in [4.69, 9.17) is 4.42 Å². The van der Waals surface area contributed by atoms with E-state index in [1.165, 1.54) is 18.4 Å². The van der Waals surface area contributed by atoms with E-state index in [1.54, 1.807) is 19.1 Å². The Morgan fingerprint density at radius 3 is 2.39 bits per heavy atom. The topological polar surface area (TPSA) is 125 Å². The Morgan fingerprint density at radius 2 is 1.78 bits per heavy atom. The first-order chi connectivity index (χ1) is 10.9. The number of nitrogens with one attached hydrogen (secondary N) is 3. The van der Waals surface area contributed by atoms with Gasteiger partial charge in [0.25, 0.3) is 0 Å². The van der Waals surface area contributed by atoms with Gasteiger partial charge in [0.05, 0.1) is 28.7 Å². The number of hydrogen-bond acceptors (Lipinski definition) is 5. The zero-order valence-electron chi connectivity index (χ0n) is 12.0. The minimum absolute atomic E-state index is 0.00888. The molecular weight excluding hydrogens is 322 g/mol. The van der Waals surface area contributed by atoms with Gasteiger partial charge in [-0.25, -0.2) is 13.1 Å². The summed E-state index contributed by atoms with van der Waals surface area (Å²) in [7, 11) is -3.81. The molecule has 23 heavy (non-hydrogen) atoms. The Bertz CT molecular complexity index is 1080. The molecule has 0 atom stereocenters. The highest BCUT2D eigenvalue weighted by molar-refractivity contribution is 7.89. The van der Waals surface area contributed by atoms with E-state index in [1.807, 2.05) is 0 Å². The van der Waals surface area contributed by atoms with E-state index in [9.17, 15) is 18.0 Å². The molecule has 0 radical (unpaired) electrons. The second-order valence-electron chi connectivity index (χ2n) is 4.98. The van der Waals surface area contributed by atoms with Crippen molar-refractivity contribution in [2.75, 3.05) is 0 Å². The first-order valence-electron chi connectivity index (χ1n) is 6.66. The van der Waals surface area contributed by atoms with Crippen LogP contribution >= 0.6 is 0 Å². The third kappa shape index (κ3) is 2.96. The van der Waals surface area contributed by atoms with Gasteiger partial charge in [0.2, 0.25) is 10.0 Å². The zero-order chi connectivity index (χ0) is 16.6. The number of H-pyrrole nitrogens is 2. The molecule has 3 aromatic rings. The number of aromatic nitrogens is 2. The Morgan fingerprint density at radius 1 is 1.13 bits per heavy atom. The fourth-order valence-corrected chi connectivity index (χ4v) is 3.44. The number of aromatic amines is 2.